The Balaban J connectivity index is 2.22. The fraction of sp³-hybridized carbons (Fsp3) is 0.923. The van der Waals surface area contributed by atoms with Crippen LogP contribution in [0.4, 0.5) is 0 Å². The van der Waals surface area contributed by atoms with Crippen LogP contribution in [0.2, 0.25) is 0 Å². The molecular formula is C13H26N2O2. The predicted molar refractivity (Wildman–Crippen MR) is 68.7 cm³/mol. The number of nitrogens with one attached hydrogen (secondary N) is 2. The first kappa shape index (κ1) is 14.5. The van der Waals surface area contributed by atoms with Gasteiger partial charge in [0.05, 0.1) is 6.10 Å². The van der Waals surface area contributed by atoms with E-state index in [-0.39, 0.29) is 17.2 Å². The van der Waals surface area contributed by atoms with Gasteiger partial charge in [0.1, 0.15) is 0 Å². The molecule has 1 aliphatic rings. The van der Waals surface area contributed by atoms with Gasteiger partial charge >= 0.3 is 0 Å². The van der Waals surface area contributed by atoms with Crippen molar-refractivity contribution in [2.45, 2.75) is 46.1 Å². The number of carbonyl (C=O) groups excluding carboxylic acids is 1. The molecular weight excluding hydrogens is 216 g/mol. The molecule has 1 atom stereocenters. The van der Waals surface area contributed by atoms with Gasteiger partial charge in [0.25, 0.3) is 0 Å². The van der Waals surface area contributed by atoms with E-state index in [1.807, 2.05) is 0 Å². The van der Waals surface area contributed by atoms with Crippen LogP contribution in [0.5, 0.6) is 0 Å². The third-order valence-electron chi connectivity index (χ3n) is 3.07. The number of carbonyl (C=O) groups is 1. The highest BCUT2D eigenvalue weighted by Gasteiger charge is 2.22. The van der Waals surface area contributed by atoms with Gasteiger partial charge in [-0.3, -0.25) is 4.79 Å². The minimum absolute atomic E-state index is 0.0961. The zero-order valence-electron chi connectivity index (χ0n) is 11.3. The quantitative estimate of drug-likeness (QED) is 0.686. The monoisotopic (exact) mass is 242 g/mol. The first-order valence-electron chi connectivity index (χ1n) is 6.55. The third kappa shape index (κ3) is 6.03. The second-order valence-corrected chi connectivity index (χ2v) is 6.19. The van der Waals surface area contributed by atoms with Crippen molar-refractivity contribution in [2.75, 3.05) is 19.6 Å². The summed E-state index contributed by atoms with van der Waals surface area (Å²) < 4.78 is 0. The maximum absolute atomic E-state index is 11.8. The molecule has 1 rings (SSSR count). The summed E-state index contributed by atoms with van der Waals surface area (Å²) in [6.07, 6.45) is 2.07. The van der Waals surface area contributed by atoms with Crippen molar-refractivity contribution in [2.24, 2.45) is 11.3 Å². The van der Waals surface area contributed by atoms with Gasteiger partial charge in [-0.25, -0.2) is 0 Å². The average molecular weight is 242 g/mol. The molecule has 0 aromatic heterocycles. The smallest absolute Gasteiger partial charge is 0.223 e. The van der Waals surface area contributed by atoms with Crippen LogP contribution in [-0.4, -0.2) is 36.8 Å². The zero-order valence-corrected chi connectivity index (χ0v) is 11.3. The number of hydrogen-bond donors (Lipinski definition) is 3. The second kappa shape index (κ2) is 6.36. The zero-order chi connectivity index (χ0) is 12.9. The number of amides is 1. The molecule has 4 nitrogen and oxygen atoms in total. The topological polar surface area (TPSA) is 61.4 Å². The molecule has 3 N–H and O–H groups in total. The summed E-state index contributed by atoms with van der Waals surface area (Å²) in [4.78, 5) is 11.8. The summed E-state index contributed by atoms with van der Waals surface area (Å²) in [5.41, 5.74) is 0.0961. The van der Waals surface area contributed by atoms with Crippen LogP contribution in [0.3, 0.4) is 0 Å². The largest absolute Gasteiger partial charge is 0.391 e. The number of hydrogen-bond acceptors (Lipinski definition) is 3. The van der Waals surface area contributed by atoms with E-state index in [1.165, 1.54) is 0 Å². The summed E-state index contributed by atoms with van der Waals surface area (Å²) >= 11 is 0. The maximum Gasteiger partial charge on any atom is 0.223 e. The molecule has 1 saturated heterocycles. The van der Waals surface area contributed by atoms with E-state index in [4.69, 9.17) is 0 Å². The predicted octanol–water partition coefficient (Wildman–Crippen LogP) is 0.899. The molecule has 1 unspecified atom stereocenters. The van der Waals surface area contributed by atoms with Gasteiger partial charge in [0, 0.05) is 12.5 Å². The minimum Gasteiger partial charge on any atom is -0.391 e. The van der Waals surface area contributed by atoms with Crippen molar-refractivity contribution in [1.82, 2.24) is 10.6 Å². The summed E-state index contributed by atoms with van der Waals surface area (Å²) in [5.74, 6) is 0.220. The lowest BCUT2D eigenvalue weighted by Crippen LogP contribution is -2.41. The molecule has 0 spiro atoms. The van der Waals surface area contributed by atoms with Crippen LogP contribution in [0, 0.1) is 11.3 Å². The highest BCUT2D eigenvalue weighted by molar-refractivity contribution is 5.78. The van der Waals surface area contributed by atoms with Gasteiger partial charge in [-0.15, -0.1) is 0 Å². The number of aliphatic hydroxyl groups is 1. The molecule has 0 aromatic carbocycles. The normalized spacial score (nSPS) is 20.0. The third-order valence-corrected chi connectivity index (χ3v) is 3.07. The Labute approximate surface area is 104 Å². The first-order chi connectivity index (χ1) is 7.88. The Morgan fingerprint density at radius 3 is 2.53 bits per heavy atom. The summed E-state index contributed by atoms with van der Waals surface area (Å²) in [5, 5.41) is 15.9. The Hall–Kier alpha value is -0.610. The molecule has 0 saturated carbocycles. The number of rotatable bonds is 4. The molecule has 1 aliphatic heterocycles. The van der Waals surface area contributed by atoms with Crippen molar-refractivity contribution in [3.63, 3.8) is 0 Å². The molecule has 1 heterocycles. The Kier molecular flexibility index (Phi) is 5.40. The SMILES string of the molecule is CC(C)(C)CC(O)CNC(=O)C1CCNCC1. The molecule has 100 valence electrons. The van der Waals surface area contributed by atoms with Crippen molar-refractivity contribution in [1.29, 1.82) is 0 Å². The summed E-state index contributed by atoms with van der Waals surface area (Å²) in [6.45, 7) is 8.48. The number of piperidine rings is 1. The fourth-order valence-corrected chi connectivity index (χ4v) is 2.23. The van der Waals surface area contributed by atoms with E-state index in [2.05, 4.69) is 31.4 Å². The molecule has 0 radical (unpaired) electrons. The molecule has 1 amide bonds. The Morgan fingerprint density at radius 1 is 1.41 bits per heavy atom. The van der Waals surface area contributed by atoms with Crippen LogP contribution in [0.25, 0.3) is 0 Å². The lowest BCUT2D eigenvalue weighted by molar-refractivity contribution is -0.126. The van der Waals surface area contributed by atoms with Gasteiger partial charge in [-0.1, -0.05) is 20.8 Å². The lowest BCUT2D eigenvalue weighted by atomic mass is 9.89. The molecule has 0 aromatic rings. The van der Waals surface area contributed by atoms with Gasteiger partial charge in [-0.2, -0.15) is 0 Å². The summed E-state index contributed by atoms with van der Waals surface area (Å²) in [6, 6.07) is 0. The van der Waals surface area contributed by atoms with Crippen LogP contribution in [0.1, 0.15) is 40.0 Å². The van der Waals surface area contributed by atoms with Crippen LogP contribution in [-0.2, 0) is 4.79 Å². The van der Waals surface area contributed by atoms with Crippen molar-refractivity contribution < 1.29 is 9.90 Å². The Bertz CT molecular complexity index is 242. The van der Waals surface area contributed by atoms with E-state index in [0.717, 1.165) is 25.9 Å². The van der Waals surface area contributed by atoms with E-state index >= 15 is 0 Å². The van der Waals surface area contributed by atoms with Gasteiger partial charge < -0.3 is 15.7 Å². The minimum atomic E-state index is -0.444. The first-order valence-corrected chi connectivity index (χ1v) is 6.55. The van der Waals surface area contributed by atoms with E-state index < -0.39 is 6.10 Å². The maximum atomic E-state index is 11.8. The van der Waals surface area contributed by atoms with E-state index in [9.17, 15) is 9.90 Å². The molecule has 4 heteroatoms. The van der Waals surface area contributed by atoms with E-state index in [0.29, 0.717) is 13.0 Å². The molecule has 0 bridgehead atoms. The number of aliphatic hydroxyl groups excluding tert-OH is 1. The average Bonchev–Trinajstić information content (AvgIpc) is 2.25. The van der Waals surface area contributed by atoms with Crippen molar-refractivity contribution >= 4 is 5.91 Å². The summed E-state index contributed by atoms with van der Waals surface area (Å²) in [7, 11) is 0. The fourth-order valence-electron chi connectivity index (χ4n) is 2.23. The van der Waals surface area contributed by atoms with Gasteiger partial charge in [0.15, 0.2) is 0 Å². The standard InChI is InChI=1S/C13H26N2O2/c1-13(2,3)8-11(16)9-15-12(17)10-4-6-14-7-5-10/h10-11,14,16H,4-9H2,1-3H3,(H,15,17). The molecule has 0 aliphatic carbocycles. The van der Waals surface area contributed by atoms with Crippen LogP contribution >= 0.6 is 0 Å². The highest BCUT2D eigenvalue weighted by Crippen LogP contribution is 2.20. The lowest BCUT2D eigenvalue weighted by Gasteiger charge is -2.25. The van der Waals surface area contributed by atoms with Crippen LogP contribution in [0.15, 0.2) is 0 Å². The van der Waals surface area contributed by atoms with Gasteiger partial charge in [-0.05, 0) is 37.8 Å². The Morgan fingerprint density at radius 2 is 2.00 bits per heavy atom. The highest BCUT2D eigenvalue weighted by atomic mass is 16.3. The molecule has 1 fully saturated rings. The van der Waals surface area contributed by atoms with Crippen LogP contribution < -0.4 is 10.6 Å². The second-order valence-electron chi connectivity index (χ2n) is 6.19. The van der Waals surface area contributed by atoms with E-state index in [1.54, 1.807) is 0 Å². The van der Waals surface area contributed by atoms with Gasteiger partial charge in [0.2, 0.25) is 5.91 Å². The van der Waals surface area contributed by atoms with Crippen molar-refractivity contribution in [3.05, 3.63) is 0 Å². The van der Waals surface area contributed by atoms with Crippen molar-refractivity contribution in [3.8, 4) is 0 Å². The molecule has 17 heavy (non-hydrogen) atoms.